The molecule has 2 rings (SSSR count). The van der Waals surface area contributed by atoms with E-state index in [1.165, 1.54) is 11.0 Å². The van der Waals surface area contributed by atoms with Gasteiger partial charge in [-0.1, -0.05) is 0 Å². The summed E-state index contributed by atoms with van der Waals surface area (Å²) in [6.45, 7) is 2.47. The second kappa shape index (κ2) is 5.61. The Morgan fingerprint density at radius 2 is 2.32 bits per heavy atom. The first kappa shape index (κ1) is 13.9. The van der Waals surface area contributed by atoms with Gasteiger partial charge in [-0.2, -0.15) is 4.39 Å². The molecule has 1 fully saturated rings. The van der Waals surface area contributed by atoms with Gasteiger partial charge in [0, 0.05) is 26.3 Å². The van der Waals surface area contributed by atoms with Crippen molar-refractivity contribution in [1.82, 2.24) is 14.8 Å². The van der Waals surface area contributed by atoms with E-state index in [1.807, 2.05) is 7.05 Å². The van der Waals surface area contributed by atoms with Gasteiger partial charge in [0.15, 0.2) is 5.82 Å². The second-order valence-electron chi connectivity index (χ2n) is 5.07. The van der Waals surface area contributed by atoms with E-state index in [2.05, 4.69) is 9.88 Å². The van der Waals surface area contributed by atoms with E-state index < -0.39 is 17.7 Å². The molecule has 1 aromatic heterocycles. The summed E-state index contributed by atoms with van der Waals surface area (Å²) in [5.74, 6) is -2.54. The average molecular weight is 269 g/mol. The molecular weight excluding hydrogens is 252 g/mol. The number of nitrogens with zero attached hydrogens (tertiary/aromatic N) is 3. The van der Waals surface area contributed by atoms with E-state index in [4.69, 9.17) is 0 Å². The average Bonchev–Trinajstić information content (AvgIpc) is 2.77. The minimum Gasteiger partial charge on any atom is -0.341 e. The number of pyridine rings is 1. The largest absolute Gasteiger partial charge is 0.341 e. The zero-order valence-corrected chi connectivity index (χ0v) is 11.1. The van der Waals surface area contributed by atoms with Crippen LogP contribution in [-0.4, -0.2) is 54.4 Å². The van der Waals surface area contributed by atoms with Crippen LogP contribution in [0.4, 0.5) is 8.78 Å². The van der Waals surface area contributed by atoms with Crippen LogP contribution >= 0.6 is 0 Å². The van der Waals surface area contributed by atoms with Crippen molar-refractivity contribution in [3.63, 3.8) is 0 Å². The molecule has 0 N–H and O–H groups in total. The third-order valence-corrected chi connectivity index (χ3v) is 3.44. The number of hydrogen-bond donors (Lipinski definition) is 0. The minimum atomic E-state index is -1.24. The molecule has 6 heteroatoms. The minimum absolute atomic E-state index is 0.263. The standard InChI is InChI=1S/C13H17F2N3O/c1-17-6-4-9(7-17)8-18(2)13(19)10-3-5-16-12(15)11(10)14/h3,5,9H,4,6-8H2,1-2H3. The number of carbonyl (C=O) groups excluding carboxylic acids is 1. The Bertz CT molecular complexity index is 481. The van der Waals surface area contributed by atoms with Crippen LogP contribution < -0.4 is 0 Å². The summed E-state index contributed by atoms with van der Waals surface area (Å²) < 4.78 is 26.5. The molecule has 0 radical (unpaired) electrons. The molecule has 1 aromatic rings. The smallest absolute Gasteiger partial charge is 0.256 e. The van der Waals surface area contributed by atoms with Crippen LogP contribution in [0.2, 0.25) is 0 Å². The van der Waals surface area contributed by atoms with Crippen molar-refractivity contribution < 1.29 is 13.6 Å². The zero-order chi connectivity index (χ0) is 14.0. The highest BCUT2D eigenvalue weighted by molar-refractivity contribution is 5.94. The number of amides is 1. The molecule has 1 saturated heterocycles. The van der Waals surface area contributed by atoms with E-state index in [0.29, 0.717) is 12.5 Å². The number of hydrogen-bond acceptors (Lipinski definition) is 3. The maximum absolute atomic E-state index is 13.5. The number of carbonyl (C=O) groups is 1. The van der Waals surface area contributed by atoms with Crippen LogP contribution in [0.25, 0.3) is 0 Å². The molecular formula is C13H17F2N3O. The Morgan fingerprint density at radius 3 is 2.95 bits per heavy atom. The van der Waals surface area contributed by atoms with Crippen LogP contribution in [0.1, 0.15) is 16.8 Å². The van der Waals surface area contributed by atoms with E-state index in [-0.39, 0.29) is 5.56 Å². The molecule has 19 heavy (non-hydrogen) atoms. The number of rotatable bonds is 3. The summed E-state index contributed by atoms with van der Waals surface area (Å²) >= 11 is 0. The molecule has 1 aliphatic rings. The Morgan fingerprint density at radius 1 is 1.58 bits per heavy atom. The SMILES string of the molecule is CN1CCC(CN(C)C(=O)c2ccnc(F)c2F)C1. The van der Waals surface area contributed by atoms with Crippen molar-refractivity contribution in [2.45, 2.75) is 6.42 Å². The van der Waals surface area contributed by atoms with Crippen molar-refractivity contribution in [3.05, 3.63) is 29.6 Å². The summed E-state index contributed by atoms with van der Waals surface area (Å²) in [6.07, 6.45) is 2.12. The van der Waals surface area contributed by atoms with Gasteiger partial charge >= 0.3 is 0 Å². The highest BCUT2D eigenvalue weighted by Gasteiger charge is 2.25. The van der Waals surface area contributed by atoms with Crippen LogP contribution in [0.15, 0.2) is 12.3 Å². The third kappa shape index (κ3) is 3.07. The number of halogens is 2. The molecule has 0 saturated carbocycles. The van der Waals surface area contributed by atoms with E-state index in [9.17, 15) is 13.6 Å². The van der Waals surface area contributed by atoms with Gasteiger partial charge in [0.25, 0.3) is 5.91 Å². The van der Waals surface area contributed by atoms with Crippen LogP contribution in [0.3, 0.4) is 0 Å². The van der Waals surface area contributed by atoms with Crippen molar-refractivity contribution >= 4 is 5.91 Å². The molecule has 1 atom stereocenters. The molecule has 1 unspecified atom stereocenters. The normalized spacial score (nSPS) is 19.7. The first-order chi connectivity index (χ1) is 8.99. The lowest BCUT2D eigenvalue weighted by Crippen LogP contribution is -2.33. The molecule has 4 nitrogen and oxygen atoms in total. The molecule has 2 heterocycles. The van der Waals surface area contributed by atoms with Gasteiger partial charge in [-0.15, -0.1) is 0 Å². The fourth-order valence-corrected chi connectivity index (χ4v) is 2.43. The van der Waals surface area contributed by atoms with Gasteiger partial charge < -0.3 is 9.80 Å². The Balaban J connectivity index is 2.04. The lowest BCUT2D eigenvalue weighted by molar-refractivity contribution is 0.0768. The number of likely N-dealkylation sites (tertiary alicyclic amines) is 1. The summed E-state index contributed by atoms with van der Waals surface area (Å²) in [4.78, 5) is 18.9. The Labute approximate surface area is 111 Å². The molecule has 0 spiro atoms. The molecule has 0 aliphatic carbocycles. The highest BCUT2D eigenvalue weighted by Crippen LogP contribution is 2.17. The van der Waals surface area contributed by atoms with Crippen LogP contribution in [-0.2, 0) is 0 Å². The maximum atomic E-state index is 13.5. The van der Waals surface area contributed by atoms with Crippen molar-refractivity contribution in [2.75, 3.05) is 33.7 Å². The first-order valence-corrected chi connectivity index (χ1v) is 6.23. The Kier molecular flexibility index (Phi) is 4.09. The predicted octanol–water partition coefficient (Wildman–Crippen LogP) is 1.38. The topological polar surface area (TPSA) is 36.4 Å². The quantitative estimate of drug-likeness (QED) is 0.778. The van der Waals surface area contributed by atoms with Crippen LogP contribution in [0, 0.1) is 17.7 Å². The third-order valence-electron chi connectivity index (χ3n) is 3.44. The molecule has 0 aromatic carbocycles. The fraction of sp³-hybridized carbons (Fsp3) is 0.538. The zero-order valence-electron chi connectivity index (χ0n) is 11.1. The molecule has 1 aliphatic heterocycles. The van der Waals surface area contributed by atoms with Gasteiger partial charge in [0.05, 0.1) is 5.56 Å². The molecule has 0 bridgehead atoms. The second-order valence-corrected chi connectivity index (χ2v) is 5.07. The van der Waals surface area contributed by atoms with Crippen molar-refractivity contribution in [1.29, 1.82) is 0 Å². The summed E-state index contributed by atoms with van der Waals surface area (Å²) in [5.41, 5.74) is -0.263. The fourth-order valence-electron chi connectivity index (χ4n) is 2.43. The summed E-state index contributed by atoms with van der Waals surface area (Å²) in [6, 6.07) is 1.21. The lowest BCUT2D eigenvalue weighted by atomic mass is 10.1. The van der Waals surface area contributed by atoms with Gasteiger partial charge in [-0.3, -0.25) is 4.79 Å². The van der Waals surface area contributed by atoms with Crippen LogP contribution in [0.5, 0.6) is 0 Å². The highest BCUT2D eigenvalue weighted by atomic mass is 19.2. The van der Waals surface area contributed by atoms with E-state index >= 15 is 0 Å². The molecule has 1 amide bonds. The van der Waals surface area contributed by atoms with Crippen molar-refractivity contribution in [3.8, 4) is 0 Å². The van der Waals surface area contributed by atoms with Gasteiger partial charge in [-0.05, 0) is 32.0 Å². The van der Waals surface area contributed by atoms with Gasteiger partial charge in [0.1, 0.15) is 0 Å². The summed E-state index contributed by atoms with van der Waals surface area (Å²) in [7, 11) is 3.64. The predicted molar refractivity (Wildman–Crippen MR) is 66.7 cm³/mol. The molecule has 104 valence electrons. The first-order valence-electron chi connectivity index (χ1n) is 6.23. The number of aromatic nitrogens is 1. The monoisotopic (exact) mass is 269 g/mol. The lowest BCUT2D eigenvalue weighted by Gasteiger charge is -2.21. The van der Waals surface area contributed by atoms with E-state index in [0.717, 1.165) is 25.7 Å². The Hall–Kier alpha value is -1.56. The van der Waals surface area contributed by atoms with Gasteiger partial charge in [0.2, 0.25) is 5.95 Å². The maximum Gasteiger partial charge on any atom is 0.256 e. The summed E-state index contributed by atoms with van der Waals surface area (Å²) in [5, 5.41) is 0. The van der Waals surface area contributed by atoms with Gasteiger partial charge in [-0.25, -0.2) is 9.37 Å². The van der Waals surface area contributed by atoms with E-state index in [1.54, 1.807) is 7.05 Å². The van der Waals surface area contributed by atoms with Crippen molar-refractivity contribution in [2.24, 2.45) is 5.92 Å².